The van der Waals surface area contributed by atoms with Crippen LogP contribution in [0.15, 0.2) is 121 Å². The average molecular weight is 524 g/mol. The normalized spacial score (nSPS) is 10.9. The van der Waals surface area contributed by atoms with E-state index in [0.717, 1.165) is 0 Å². The van der Waals surface area contributed by atoms with Gasteiger partial charge < -0.3 is 14.9 Å². The molecule has 0 atom stereocenters. The van der Waals surface area contributed by atoms with Gasteiger partial charge in [0.25, 0.3) is 0 Å². The van der Waals surface area contributed by atoms with E-state index < -0.39 is 16.1 Å². The zero-order chi connectivity index (χ0) is 25.3. The fourth-order valence-corrected chi connectivity index (χ4v) is 7.31. The molecule has 0 saturated heterocycles. The number of nitrogens with zero attached hydrogens (tertiary/aromatic N) is 3. The maximum Gasteiger partial charge on any atom is 0.323 e. The predicted molar refractivity (Wildman–Crippen MR) is 156 cm³/mol. The van der Waals surface area contributed by atoms with E-state index in [1.165, 1.54) is 21.2 Å². The summed E-state index contributed by atoms with van der Waals surface area (Å²) in [5.41, 5.74) is 0. The Morgan fingerprint density at radius 2 is 0.838 bits per heavy atom. The standard InChI is InChI=1S/C29H27N5OP2/c1-2-35-29-31-27(33-36(23-15-7-3-8-16-23)24-17-9-4-10-18-24)30-28(32-29)34-37(25-19-11-5-12-20-25)26-21-13-6-14-22-26/h3-22H,2H2,1H3,(H2,30,31,32,33,34). The van der Waals surface area contributed by atoms with Gasteiger partial charge in [0, 0.05) is 21.2 Å². The molecule has 4 aromatic carbocycles. The lowest BCUT2D eigenvalue weighted by Gasteiger charge is -2.22. The van der Waals surface area contributed by atoms with Crippen LogP contribution in [0.3, 0.4) is 0 Å². The summed E-state index contributed by atoms with van der Waals surface area (Å²) >= 11 is 0. The Kier molecular flexibility index (Phi) is 8.32. The molecule has 8 heteroatoms. The summed E-state index contributed by atoms with van der Waals surface area (Å²) in [6.45, 7) is 2.38. The number of aromatic nitrogens is 3. The van der Waals surface area contributed by atoms with Crippen LogP contribution in [0.2, 0.25) is 0 Å². The van der Waals surface area contributed by atoms with Gasteiger partial charge in [-0.3, -0.25) is 0 Å². The zero-order valence-corrected chi connectivity index (χ0v) is 22.2. The second-order valence-electron chi connectivity index (χ2n) is 7.93. The van der Waals surface area contributed by atoms with E-state index in [1.54, 1.807) is 0 Å². The minimum Gasteiger partial charge on any atom is -0.464 e. The number of benzene rings is 4. The van der Waals surface area contributed by atoms with Gasteiger partial charge in [-0.25, -0.2) is 0 Å². The molecule has 0 radical (unpaired) electrons. The molecule has 2 N–H and O–H groups in total. The first-order chi connectivity index (χ1) is 18.3. The van der Waals surface area contributed by atoms with Crippen molar-refractivity contribution in [1.29, 1.82) is 0 Å². The summed E-state index contributed by atoms with van der Waals surface area (Å²) in [5, 5.41) is 11.9. The van der Waals surface area contributed by atoms with Crippen LogP contribution in [0, 0.1) is 0 Å². The molecule has 0 saturated carbocycles. The van der Waals surface area contributed by atoms with Crippen molar-refractivity contribution in [3.63, 3.8) is 0 Å². The van der Waals surface area contributed by atoms with Crippen molar-refractivity contribution in [3.05, 3.63) is 121 Å². The van der Waals surface area contributed by atoms with Crippen molar-refractivity contribution < 1.29 is 4.74 Å². The fraction of sp³-hybridized carbons (Fsp3) is 0.0690. The molecule has 37 heavy (non-hydrogen) atoms. The molecular weight excluding hydrogens is 496 g/mol. The Balaban J connectivity index is 1.51. The molecule has 0 aliphatic rings. The average Bonchev–Trinajstić information content (AvgIpc) is 2.97. The molecule has 1 heterocycles. The van der Waals surface area contributed by atoms with Gasteiger partial charge in [-0.2, -0.15) is 15.0 Å². The number of hydrogen-bond donors (Lipinski definition) is 2. The minimum absolute atomic E-state index is 0.287. The van der Waals surface area contributed by atoms with Crippen LogP contribution in [0.4, 0.5) is 11.9 Å². The van der Waals surface area contributed by atoms with E-state index in [-0.39, 0.29) is 6.01 Å². The molecular formula is C29H27N5OP2. The van der Waals surface area contributed by atoms with Crippen LogP contribution in [0.5, 0.6) is 6.01 Å². The van der Waals surface area contributed by atoms with E-state index in [4.69, 9.17) is 9.72 Å². The largest absolute Gasteiger partial charge is 0.464 e. The summed E-state index contributed by atoms with van der Waals surface area (Å²) in [6, 6.07) is 41.8. The van der Waals surface area contributed by atoms with Gasteiger partial charge in [0.1, 0.15) is 0 Å². The van der Waals surface area contributed by atoms with Crippen LogP contribution in [0.1, 0.15) is 6.92 Å². The number of hydrogen-bond acceptors (Lipinski definition) is 6. The first kappa shape index (κ1) is 24.8. The number of anilines is 2. The third kappa shape index (κ3) is 6.48. The lowest BCUT2D eigenvalue weighted by Crippen LogP contribution is -2.20. The van der Waals surface area contributed by atoms with Gasteiger partial charge in [0.05, 0.1) is 22.8 Å². The summed E-state index contributed by atoms with van der Waals surface area (Å²) < 4.78 is 5.75. The Morgan fingerprint density at radius 3 is 1.14 bits per heavy atom. The van der Waals surface area contributed by atoms with Crippen LogP contribution in [0.25, 0.3) is 0 Å². The van der Waals surface area contributed by atoms with Crippen molar-refractivity contribution in [2.45, 2.75) is 6.92 Å². The number of nitrogens with one attached hydrogen (secondary N) is 2. The van der Waals surface area contributed by atoms with Gasteiger partial charge >= 0.3 is 6.01 Å². The van der Waals surface area contributed by atoms with Crippen LogP contribution in [-0.4, -0.2) is 21.6 Å². The molecule has 0 aliphatic carbocycles. The second kappa shape index (κ2) is 12.4. The van der Waals surface area contributed by atoms with E-state index in [1.807, 2.05) is 79.7 Å². The van der Waals surface area contributed by atoms with Gasteiger partial charge in [-0.15, -0.1) is 0 Å². The fourth-order valence-electron chi connectivity index (χ4n) is 3.71. The maximum atomic E-state index is 5.75. The van der Waals surface area contributed by atoms with Crippen molar-refractivity contribution >= 4 is 49.3 Å². The first-order valence-electron chi connectivity index (χ1n) is 12.0. The maximum absolute atomic E-state index is 5.75. The van der Waals surface area contributed by atoms with Gasteiger partial charge in [0.15, 0.2) is 0 Å². The third-order valence-electron chi connectivity index (χ3n) is 5.37. The predicted octanol–water partition coefficient (Wildman–Crippen LogP) is 5.19. The minimum atomic E-state index is -0.950. The molecule has 184 valence electrons. The lowest BCUT2D eigenvalue weighted by atomic mass is 10.4. The Hall–Kier alpha value is -3.85. The summed E-state index contributed by atoms with van der Waals surface area (Å²) in [7, 11) is -1.90. The van der Waals surface area contributed by atoms with Crippen molar-refractivity contribution in [3.8, 4) is 6.01 Å². The summed E-state index contributed by atoms with van der Waals surface area (Å²) in [4.78, 5) is 14.0. The molecule has 1 aromatic heterocycles. The zero-order valence-electron chi connectivity index (χ0n) is 20.4. The topological polar surface area (TPSA) is 72.0 Å². The molecule has 0 fully saturated rings. The number of ether oxygens (including phenoxy) is 1. The van der Waals surface area contributed by atoms with Gasteiger partial charge in [-0.05, 0) is 6.92 Å². The van der Waals surface area contributed by atoms with E-state index in [0.29, 0.717) is 18.5 Å². The highest BCUT2D eigenvalue weighted by atomic mass is 31.1. The second-order valence-corrected chi connectivity index (χ2v) is 11.8. The van der Waals surface area contributed by atoms with Crippen LogP contribution >= 0.6 is 16.1 Å². The van der Waals surface area contributed by atoms with E-state index in [9.17, 15) is 0 Å². The van der Waals surface area contributed by atoms with Gasteiger partial charge in [0.2, 0.25) is 11.9 Å². The van der Waals surface area contributed by atoms with Crippen LogP contribution < -0.4 is 36.1 Å². The monoisotopic (exact) mass is 523 g/mol. The Morgan fingerprint density at radius 1 is 0.514 bits per heavy atom. The molecule has 0 spiro atoms. The first-order valence-corrected chi connectivity index (χ1v) is 14.7. The number of rotatable bonds is 10. The SMILES string of the molecule is CCOc1nc(NP(c2ccccc2)c2ccccc2)nc(NP(c2ccccc2)c2ccccc2)n1. The highest BCUT2D eigenvalue weighted by Crippen LogP contribution is 2.36. The van der Waals surface area contributed by atoms with Crippen molar-refractivity contribution in [2.75, 3.05) is 16.8 Å². The summed E-state index contributed by atoms with van der Waals surface area (Å²) in [6.07, 6.45) is 0. The van der Waals surface area contributed by atoms with E-state index in [2.05, 4.69) is 68.7 Å². The van der Waals surface area contributed by atoms with Crippen LogP contribution in [-0.2, 0) is 0 Å². The van der Waals surface area contributed by atoms with E-state index >= 15 is 0 Å². The molecule has 0 aliphatic heterocycles. The molecule has 5 rings (SSSR count). The van der Waals surface area contributed by atoms with Gasteiger partial charge in [-0.1, -0.05) is 121 Å². The molecule has 0 bridgehead atoms. The lowest BCUT2D eigenvalue weighted by molar-refractivity contribution is 0.312. The molecule has 5 aromatic rings. The highest BCUT2D eigenvalue weighted by molar-refractivity contribution is 7.74. The smallest absolute Gasteiger partial charge is 0.323 e. The molecule has 6 nitrogen and oxygen atoms in total. The van der Waals surface area contributed by atoms with Crippen molar-refractivity contribution in [2.24, 2.45) is 0 Å². The third-order valence-corrected chi connectivity index (χ3v) is 9.47. The van der Waals surface area contributed by atoms with Crippen molar-refractivity contribution in [1.82, 2.24) is 15.0 Å². The summed E-state index contributed by atoms with van der Waals surface area (Å²) in [5.74, 6) is 0.937. The highest BCUT2D eigenvalue weighted by Gasteiger charge is 2.20. The molecule has 0 unspecified atom stereocenters. The quantitative estimate of drug-likeness (QED) is 0.246. The Labute approximate surface area is 219 Å². The Bertz CT molecular complexity index is 1210. The molecule has 0 amide bonds.